The van der Waals surface area contributed by atoms with E-state index in [1.807, 2.05) is 12.1 Å². The summed E-state index contributed by atoms with van der Waals surface area (Å²) < 4.78 is 6.00. The normalized spacial score (nSPS) is 28.3. The molecule has 0 radical (unpaired) electrons. The van der Waals surface area contributed by atoms with Gasteiger partial charge >= 0.3 is 0 Å². The van der Waals surface area contributed by atoms with Crippen LogP contribution in [0, 0.1) is 17.8 Å². The molecule has 0 unspecified atom stereocenters. The maximum Gasteiger partial charge on any atom is 0.154 e. The van der Waals surface area contributed by atoms with E-state index in [4.69, 9.17) is 4.74 Å². The lowest BCUT2D eigenvalue weighted by Gasteiger charge is -2.30. The Labute approximate surface area is 169 Å². The number of aldehydes is 1. The molecule has 0 atom stereocenters. The van der Waals surface area contributed by atoms with Crippen LogP contribution < -0.4 is 4.74 Å². The molecule has 4 heteroatoms. The quantitative estimate of drug-likeness (QED) is 0.482. The third-order valence-corrected chi connectivity index (χ3v) is 6.96. The van der Waals surface area contributed by atoms with Crippen molar-refractivity contribution in [2.75, 3.05) is 6.61 Å². The highest BCUT2D eigenvalue weighted by atomic mass is 16.5. The summed E-state index contributed by atoms with van der Waals surface area (Å²) in [6.07, 6.45) is 10.9. The highest BCUT2D eigenvalue weighted by Gasteiger charge is 2.26. The first-order valence-corrected chi connectivity index (χ1v) is 11.2. The number of carbonyl (C=O) groups excluding carboxylic acids is 1. The Morgan fingerprint density at radius 1 is 1.04 bits per heavy atom. The molecule has 0 saturated heterocycles. The second-order valence-electron chi connectivity index (χ2n) is 8.93. The fourth-order valence-corrected chi connectivity index (χ4v) is 5.10. The zero-order chi connectivity index (χ0) is 19.9. The van der Waals surface area contributed by atoms with Gasteiger partial charge in [-0.2, -0.15) is 0 Å². The Kier molecular flexibility index (Phi) is 7.92. The second kappa shape index (κ2) is 10.4. The van der Waals surface area contributed by atoms with Crippen molar-refractivity contribution in [1.82, 2.24) is 0 Å². The number of benzene rings is 1. The predicted octanol–water partition coefficient (Wildman–Crippen LogP) is 5.07. The fourth-order valence-electron chi connectivity index (χ4n) is 5.10. The third kappa shape index (κ3) is 5.57. The number of rotatable bonds is 8. The lowest BCUT2D eigenvalue weighted by Crippen LogP contribution is -2.27. The Morgan fingerprint density at radius 3 is 2.32 bits per heavy atom. The van der Waals surface area contributed by atoms with Crippen LogP contribution in [0.5, 0.6) is 5.75 Å². The Balaban J connectivity index is 1.53. The summed E-state index contributed by atoms with van der Waals surface area (Å²) in [6.45, 7) is 2.86. The fraction of sp³-hybridized carbons (Fsp3) is 0.708. The number of hydrogen-bond acceptors (Lipinski definition) is 4. The minimum absolute atomic E-state index is 0.00603. The van der Waals surface area contributed by atoms with Crippen LogP contribution in [-0.4, -0.2) is 29.4 Å². The molecule has 0 bridgehead atoms. The van der Waals surface area contributed by atoms with Crippen molar-refractivity contribution in [3.8, 4) is 5.75 Å². The van der Waals surface area contributed by atoms with E-state index in [2.05, 4.69) is 13.0 Å². The molecule has 0 amide bonds. The van der Waals surface area contributed by atoms with Crippen molar-refractivity contribution < 1.29 is 19.7 Å². The van der Waals surface area contributed by atoms with Crippen LogP contribution >= 0.6 is 0 Å². The van der Waals surface area contributed by atoms with Crippen molar-refractivity contribution in [3.63, 3.8) is 0 Å². The summed E-state index contributed by atoms with van der Waals surface area (Å²) in [5.41, 5.74) is 1.94. The monoisotopic (exact) mass is 388 g/mol. The molecule has 2 N–H and O–H groups in total. The zero-order valence-electron chi connectivity index (χ0n) is 17.2. The SMILES string of the molecule is CCCC1CCC(c2ccc(OCC3CCC(C(O)O)CC3)c(C=O)c2)CC1. The van der Waals surface area contributed by atoms with Crippen LogP contribution in [0.25, 0.3) is 0 Å². The topological polar surface area (TPSA) is 66.8 Å². The lowest BCUT2D eigenvalue weighted by molar-refractivity contribution is -0.0967. The van der Waals surface area contributed by atoms with Gasteiger partial charge in [0.2, 0.25) is 0 Å². The van der Waals surface area contributed by atoms with Crippen molar-refractivity contribution in [3.05, 3.63) is 29.3 Å². The summed E-state index contributed by atoms with van der Waals surface area (Å²) in [5.74, 6) is 2.55. The minimum Gasteiger partial charge on any atom is -0.493 e. The average molecular weight is 389 g/mol. The first-order chi connectivity index (χ1) is 13.6. The highest BCUT2D eigenvalue weighted by Crippen LogP contribution is 2.38. The van der Waals surface area contributed by atoms with E-state index >= 15 is 0 Å². The minimum atomic E-state index is -1.20. The van der Waals surface area contributed by atoms with E-state index in [1.165, 1.54) is 44.1 Å². The molecule has 1 aromatic carbocycles. The summed E-state index contributed by atoms with van der Waals surface area (Å²) in [6, 6.07) is 6.15. The maximum atomic E-state index is 11.6. The molecule has 4 nitrogen and oxygen atoms in total. The van der Waals surface area contributed by atoms with Crippen LogP contribution in [0.1, 0.15) is 93.0 Å². The maximum absolute atomic E-state index is 11.6. The summed E-state index contributed by atoms with van der Waals surface area (Å²) in [4.78, 5) is 11.6. The van der Waals surface area contributed by atoms with Gasteiger partial charge in [-0.1, -0.05) is 25.8 Å². The van der Waals surface area contributed by atoms with E-state index in [-0.39, 0.29) is 5.92 Å². The molecule has 2 aliphatic rings. The van der Waals surface area contributed by atoms with Crippen LogP contribution in [-0.2, 0) is 0 Å². The number of aliphatic hydroxyl groups excluding tert-OH is 1. The second-order valence-corrected chi connectivity index (χ2v) is 8.93. The van der Waals surface area contributed by atoms with Crippen LogP contribution in [0.2, 0.25) is 0 Å². The van der Waals surface area contributed by atoms with Gasteiger partial charge in [0.25, 0.3) is 0 Å². The molecule has 0 heterocycles. The summed E-state index contributed by atoms with van der Waals surface area (Å²) in [5, 5.41) is 18.6. The smallest absolute Gasteiger partial charge is 0.154 e. The van der Waals surface area contributed by atoms with Gasteiger partial charge in [-0.15, -0.1) is 0 Å². The van der Waals surface area contributed by atoms with E-state index < -0.39 is 6.29 Å². The Bertz CT molecular complexity index is 611. The Hall–Kier alpha value is -1.39. The molecule has 28 heavy (non-hydrogen) atoms. The molecule has 156 valence electrons. The van der Waals surface area contributed by atoms with Gasteiger partial charge in [-0.25, -0.2) is 0 Å². The Morgan fingerprint density at radius 2 is 1.71 bits per heavy atom. The molecule has 3 rings (SSSR count). The van der Waals surface area contributed by atoms with Crippen LogP contribution in [0.3, 0.4) is 0 Å². The van der Waals surface area contributed by atoms with Crippen LogP contribution in [0.15, 0.2) is 18.2 Å². The van der Waals surface area contributed by atoms with Gasteiger partial charge in [-0.3, -0.25) is 4.79 Å². The first-order valence-electron chi connectivity index (χ1n) is 11.2. The molecule has 0 aliphatic heterocycles. The van der Waals surface area contributed by atoms with Gasteiger partial charge in [0, 0.05) is 5.92 Å². The van der Waals surface area contributed by atoms with E-state index in [9.17, 15) is 15.0 Å². The van der Waals surface area contributed by atoms with E-state index in [0.29, 0.717) is 29.8 Å². The number of carbonyl (C=O) groups is 1. The lowest BCUT2D eigenvalue weighted by atomic mass is 9.77. The largest absolute Gasteiger partial charge is 0.493 e. The number of aliphatic hydroxyl groups is 2. The van der Waals surface area contributed by atoms with Gasteiger partial charge in [-0.05, 0) is 86.8 Å². The van der Waals surface area contributed by atoms with Crippen LogP contribution in [0.4, 0.5) is 0 Å². The molecular weight excluding hydrogens is 352 g/mol. The number of ether oxygens (including phenoxy) is 1. The van der Waals surface area contributed by atoms with Crippen molar-refractivity contribution in [1.29, 1.82) is 0 Å². The van der Waals surface area contributed by atoms with Crippen molar-refractivity contribution in [2.45, 2.75) is 83.3 Å². The number of hydrogen-bond donors (Lipinski definition) is 2. The molecule has 1 aromatic rings. The first kappa shape index (κ1) is 21.3. The van der Waals surface area contributed by atoms with Crippen molar-refractivity contribution in [2.24, 2.45) is 17.8 Å². The van der Waals surface area contributed by atoms with Gasteiger partial charge in [0.1, 0.15) is 5.75 Å². The van der Waals surface area contributed by atoms with Crippen molar-refractivity contribution >= 4 is 6.29 Å². The van der Waals surface area contributed by atoms with Gasteiger partial charge < -0.3 is 14.9 Å². The molecular formula is C24H36O4. The standard InChI is InChI=1S/C24H36O4/c1-2-3-17-4-8-19(9-5-17)21-12-13-23(22(14-21)15-25)28-16-18-6-10-20(11-7-18)24(26)27/h12-15,17-20,24,26-27H,2-11,16H2,1H3. The molecule has 2 fully saturated rings. The highest BCUT2D eigenvalue weighted by molar-refractivity contribution is 5.79. The molecule has 2 saturated carbocycles. The van der Waals surface area contributed by atoms with Gasteiger partial charge in [0.05, 0.1) is 12.2 Å². The zero-order valence-corrected chi connectivity index (χ0v) is 17.2. The van der Waals surface area contributed by atoms with E-state index in [0.717, 1.165) is 37.9 Å². The average Bonchev–Trinajstić information content (AvgIpc) is 2.73. The predicted molar refractivity (Wildman–Crippen MR) is 111 cm³/mol. The summed E-state index contributed by atoms with van der Waals surface area (Å²) in [7, 11) is 0. The molecule has 2 aliphatic carbocycles. The van der Waals surface area contributed by atoms with E-state index in [1.54, 1.807) is 0 Å². The molecule has 0 spiro atoms. The third-order valence-electron chi connectivity index (χ3n) is 6.96. The van der Waals surface area contributed by atoms with Gasteiger partial charge in [0.15, 0.2) is 12.6 Å². The molecule has 0 aromatic heterocycles. The summed E-state index contributed by atoms with van der Waals surface area (Å²) >= 11 is 0.